The van der Waals surface area contributed by atoms with E-state index in [-0.39, 0.29) is 35.5 Å². The number of fused-ring (bicyclic) bond motifs is 1. The molecule has 30 heavy (non-hydrogen) atoms. The van der Waals surface area contributed by atoms with Crippen molar-refractivity contribution in [3.8, 4) is 0 Å². The van der Waals surface area contributed by atoms with E-state index in [1.807, 2.05) is 30.3 Å². The van der Waals surface area contributed by atoms with Crippen LogP contribution in [0.15, 0.2) is 48.0 Å². The van der Waals surface area contributed by atoms with Gasteiger partial charge >= 0.3 is 6.03 Å². The van der Waals surface area contributed by atoms with Gasteiger partial charge in [-0.15, -0.1) is 10.2 Å². The molecule has 4 aliphatic rings. The fraction of sp³-hybridized carbons (Fsp3) is 0.381. The van der Waals surface area contributed by atoms with Gasteiger partial charge in [0.15, 0.2) is 0 Å². The van der Waals surface area contributed by atoms with Gasteiger partial charge in [-0.1, -0.05) is 53.8 Å². The minimum Gasteiger partial charge on any atom is -0.317 e. The number of carbonyl (C=O) groups excluding carboxylic acids is 3. The van der Waals surface area contributed by atoms with E-state index in [1.165, 1.54) is 21.7 Å². The lowest BCUT2D eigenvalue weighted by molar-refractivity contribution is -0.143. The third kappa shape index (κ3) is 3.28. The third-order valence-corrected chi connectivity index (χ3v) is 6.86. The lowest BCUT2D eigenvalue weighted by Gasteiger charge is -2.38. The molecule has 3 aliphatic carbocycles. The molecular weight excluding hydrogens is 402 g/mol. The minimum atomic E-state index is -0.773. The Labute approximate surface area is 177 Å². The summed E-state index contributed by atoms with van der Waals surface area (Å²) in [6.45, 7) is 0. The highest BCUT2D eigenvalue weighted by molar-refractivity contribution is 7.13. The van der Waals surface area contributed by atoms with Crippen LogP contribution in [-0.2, 0) is 16.0 Å². The molecule has 2 heterocycles. The number of urea groups is 1. The highest BCUT2D eigenvalue weighted by Crippen LogP contribution is 2.49. The van der Waals surface area contributed by atoms with Crippen LogP contribution in [0.5, 0.6) is 0 Å². The number of imide groups is 1. The fourth-order valence-corrected chi connectivity index (χ4v) is 5.40. The molecule has 6 rings (SSSR count). The topological polar surface area (TPSA) is 104 Å². The highest BCUT2D eigenvalue weighted by atomic mass is 32.1. The first-order valence-corrected chi connectivity index (χ1v) is 10.9. The van der Waals surface area contributed by atoms with E-state index < -0.39 is 12.2 Å². The first kappa shape index (κ1) is 18.9. The average Bonchev–Trinajstić information content (AvgIpc) is 3.36. The maximum Gasteiger partial charge on any atom is 0.322 e. The molecule has 1 saturated carbocycles. The number of hydrogen-bond donors (Lipinski definition) is 2. The first-order chi connectivity index (χ1) is 14.6. The van der Waals surface area contributed by atoms with Gasteiger partial charge < -0.3 is 5.32 Å². The van der Waals surface area contributed by atoms with Crippen molar-refractivity contribution < 1.29 is 14.4 Å². The number of nitrogens with one attached hydrogen (secondary N) is 2. The molecular formula is C21H21N5O3S. The maximum absolute atomic E-state index is 13.3. The number of likely N-dealkylation sites (tertiary alicyclic amines) is 1. The zero-order valence-corrected chi connectivity index (χ0v) is 16.9. The standard InChI is InChI=1S/C21H21N5O3S/c27-18-16-13-6-7-14(9-8-13)17(16)19(28)26(18)15(10-12-4-2-1-3-5-12)23-20(29)24-21-25-22-11-30-21/h1-7,11,13-17H,8-10H2,(H2,23,24,25,29)/t13-,14-,15-,16+,17+/m0/s1. The smallest absolute Gasteiger partial charge is 0.317 e. The number of nitrogens with zero attached hydrogens (tertiary/aromatic N) is 3. The van der Waals surface area contributed by atoms with Crippen molar-refractivity contribution in [3.05, 3.63) is 53.6 Å². The summed E-state index contributed by atoms with van der Waals surface area (Å²) >= 11 is 1.19. The van der Waals surface area contributed by atoms with Gasteiger partial charge in [-0.3, -0.25) is 19.8 Å². The average molecular weight is 423 g/mol. The van der Waals surface area contributed by atoms with Gasteiger partial charge in [0.2, 0.25) is 16.9 Å². The number of amides is 4. The largest absolute Gasteiger partial charge is 0.322 e. The summed E-state index contributed by atoms with van der Waals surface area (Å²) in [5.41, 5.74) is 2.44. The quantitative estimate of drug-likeness (QED) is 0.568. The summed E-state index contributed by atoms with van der Waals surface area (Å²) in [6, 6.07) is 9.00. The van der Waals surface area contributed by atoms with Gasteiger partial charge in [-0.05, 0) is 30.2 Å². The Morgan fingerprint density at radius 2 is 1.77 bits per heavy atom. The van der Waals surface area contributed by atoms with Crippen molar-refractivity contribution in [1.29, 1.82) is 0 Å². The maximum atomic E-state index is 13.3. The van der Waals surface area contributed by atoms with Crippen LogP contribution in [0, 0.1) is 23.7 Å². The molecule has 1 saturated heterocycles. The SMILES string of the molecule is O=C(Nc1nncs1)N[C@H](Cc1ccccc1)N1C(=O)[C@H]2[C@H](C1=O)[C@H]1C=C[C@H]2CC1. The van der Waals surface area contributed by atoms with Gasteiger partial charge in [-0.2, -0.15) is 0 Å². The Morgan fingerprint density at radius 3 is 2.33 bits per heavy atom. The van der Waals surface area contributed by atoms with Crippen LogP contribution in [0.2, 0.25) is 0 Å². The van der Waals surface area contributed by atoms with Gasteiger partial charge in [-0.25, -0.2) is 4.79 Å². The van der Waals surface area contributed by atoms with E-state index in [1.54, 1.807) is 0 Å². The Bertz CT molecular complexity index is 961. The highest BCUT2D eigenvalue weighted by Gasteiger charge is 2.58. The van der Waals surface area contributed by atoms with Crippen LogP contribution in [0.4, 0.5) is 9.93 Å². The van der Waals surface area contributed by atoms with E-state index in [2.05, 4.69) is 33.0 Å². The molecule has 0 radical (unpaired) electrons. The van der Waals surface area contributed by atoms with Crippen molar-refractivity contribution in [2.45, 2.75) is 25.4 Å². The zero-order chi connectivity index (χ0) is 20.7. The van der Waals surface area contributed by atoms with Crippen molar-refractivity contribution in [2.75, 3.05) is 5.32 Å². The normalized spacial score (nSPS) is 27.8. The third-order valence-electron chi connectivity index (χ3n) is 6.26. The van der Waals surface area contributed by atoms with Gasteiger partial charge in [0.25, 0.3) is 0 Å². The number of aromatic nitrogens is 2. The van der Waals surface area contributed by atoms with Crippen LogP contribution in [0.25, 0.3) is 0 Å². The Balaban J connectivity index is 1.41. The van der Waals surface area contributed by atoms with Crippen molar-refractivity contribution in [2.24, 2.45) is 23.7 Å². The number of rotatable bonds is 5. The van der Waals surface area contributed by atoms with E-state index in [0.29, 0.717) is 11.6 Å². The van der Waals surface area contributed by atoms with Crippen molar-refractivity contribution >= 4 is 34.3 Å². The second kappa shape index (κ2) is 7.64. The number of anilines is 1. The summed E-state index contributed by atoms with van der Waals surface area (Å²) < 4.78 is 0. The monoisotopic (exact) mass is 423 g/mol. The molecule has 2 bridgehead atoms. The lowest BCUT2D eigenvalue weighted by Crippen LogP contribution is -2.53. The van der Waals surface area contributed by atoms with Gasteiger partial charge in [0.05, 0.1) is 11.8 Å². The van der Waals surface area contributed by atoms with Gasteiger partial charge in [0, 0.05) is 6.42 Å². The fourth-order valence-electron chi connectivity index (χ4n) is 4.96. The van der Waals surface area contributed by atoms with Gasteiger partial charge in [0.1, 0.15) is 11.7 Å². The van der Waals surface area contributed by atoms with Crippen molar-refractivity contribution in [1.82, 2.24) is 20.4 Å². The summed E-state index contributed by atoms with van der Waals surface area (Å²) in [6.07, 6.45) is 5.61. The molecule has 1 aromatic carbocycles. The summed E-state index contributed by atoms with van der Waals surface area (Å²) in [7, 11) is 0. The number of benzene rings is 1. The molecule has 2 fully saturated rings. The van der Waals surface area contributed by atoms with E-state index in [9.17, 15) is 14.4 Å². The second-order valence-corrected chi connectivity index (χ2v) is 8.77. The molecule has 9 heteroatoms. The Morgan fingerprint density at radius 1 is 1.10 bits per heavy atom. The first-order valence-electron chi connectivity index (χ1n) is 10.0. The van der Waals surface area contributed by atoms with Crippen LogP contribution >= 0.6 is 11.3 Å². The number of carbonyl (C=O) groups is 3. The Kier molecular flexibility index (Phi) is 4.82. The van der Waals surface area contributed by atoms with E-state index in [0.717, 1.165) is 18.4 Å². The minimum absolute atomic E-state index is 0.106. The molecule has 1 aromatic heterocycles. The zero-order valence-electron chi connectivity index (χ0n) is 16.1. The second-order valence-electron chi connectivity index (χ2n) is 7.94. The van der Waals surface area contributed by atoms with Crippen LogP contribution in [-0.4, -0.2) is 39.1 Å². The summed E-state index contributed by atoms with van der Waals surface area (Å²) in [4.78, 5) is 40.6. The van der Waals surface area contributed by atoms with E-state index in [4.69, 9.17) is 0 Å². The number of hydrogen-bond acceptors (Lipinski definition) is 6. The Hall–Kier alpha value is -3.07. The molecule has 0 spiro atoms. The molecule has 5 atom stereocenters. The molecule has 2 aromatic rings. The van der Waals surface area contributed by atoms with E-state index >= 15 is 0 Å². The predicted octanol–water partition coefficient (Wildman–Crippen LogP) is 2.43. The van der Waals surface area contributed by atoms with Crippen LogP contribution in [0.1, 0.15) is 18.4 Å². The molecule has 0 unspecified atom stereocenters. The lowest BCUT2D eigenvalue weighted by atomic mass is 9.63. The molecule has 4 amide bonds. The molecule has 1 aliphatic heterocycles. The van der Waals surface area contributed by atoms with Crippen LogP contribution < -0.4 is 10.6 Å². The summed E-state index contributed by atoms with van der Waals surface area (Å²) in [5.74, 6) is -0.773. The number of allylic oxidation sites excluding steroid dienone is 2. The molecule has 154 valence electrons. The molecule has 2 N–H and O–H groups in total. The summed E-state index contributed by atoms with van der Waals surface area (Å²) in [5, 5.41) is 13.3. The molecule has 8 nitrogen and oxygen atoms in total. The van der Waals surface area contributed by atoms with Crippen LogP contribution in [0.3, 0.4) is 0 Å². The predicted molar refractivity (Wildman–Crippen MR) is 110 cm³/mol. The van der Waals surface area contributed by atoms with Crippen molar-refractivity contribution in [3.63, 3.8) is 0 Å².